The van der Waals surface area contributed by atoms with Gasteiger partial charge in [0.15, 0.2) is 15.7 Å². The average molecular weight is 365 g/mol. The van der Waals surface area contributed by atoms with Gasteiger partial charge in [-0.25, -0.2) is 8.42 Å². The van der Waals surface area contributed by atoms with Gasteiger partial charge in [0.1, 0.15) is 11.5 Å². The van der Waals surface area contributed by atoms with Gasteiger partial charge in [-0.05, 0) is 30.3 Å². The van der Waals surface area contributed by atoms with E-state index in [9.17, 15) is 8.42 Å². The summed E-state index contributed by atoms with van der Waals surface area (Å²) in [5.74, 6) is 0.318. The predicted molar refractivity (Wildman–Crippen MR) is 88.6 cm³/mol. The molecule has 0 bridgehead atoms. The Morgan fingerprint density at radius 1 is 1.17 bits per heavy atom. The minimum Gasteiger partial charge on any atom is -0.497 e. The molecule has 8 heteroatoms. The second-order valence-electron chi connectivity index (χ2n) is 4.93. The molecule has 0 N–H and O–H groups in total. The number of sulfone groups is 1. The highest BCUT2D eigenvalue weighted by molar-refractivity contribution is 7.90. The van der Waals surface area contributed by atoms with E-state index in [1.165, 1.54) is 19.2 Å². The van der Waals surface area contributed by atoms with E-state index in [4.69, 9.17) is 20.9 Å². The molecule has 3 rings (SSSR count). The van der Waals surface area contributed by atoms with Crippen LogP contribution in [0.15, 0.2) is 57.9 Å². The molecule has 0 amide bonds. The number of ether oxygens (including phenoxy) is 1. The molecule has 0 aliphatic heterocycles. The Kier molecular flexibility index (Phi) is 4.55. The van der Waals surface area contributed by atoms with E-state index in [0.717, 1.165) is 0 Å². The van der Waals surface area contributed by atoms with Crippen LogP contribution in [0.3, 0.4) is 0 Å². The molecule has 3 aromatic rings. The molecular formula is C16H13ClN2O4S. The van der Waals surface area contributed by atoms with Crippen molar-refractivity contribution < 1.29 is 17.7 Å². The third-order valence-corrected chi connectivity index (χ3v) is 5.23. The summed E-state index contributed by atoms with van der Waals surface area (Å²) in [6.07, 6.45) is 0. The van der Waals surface area contributed by atoms with Crippen LogP contribution in [0.4, 0.5) is 0 Å². The van der Waals surface area contributed by atoms with Crippen LogP contribution in [0, 0.1) is 0 Å². The van der Waals surface area contributed by atoms with Crippen LogP contribution in [0.1, 0.15) is 5.82 Å². The van der Waals surface area contributed by atoms with Crippen molar-refractivity contribution in [2.45, 2.75) is 10.6 Å². The quantitative estimate of drug-likeness (QED) is 0.690. The summed E-state index contributed by atoms with van der Waals surface area (Å²) in [7, 11) is -2.15. The topological polar surface area (TPSA) is 82.3 Å². The molecule has 24 heavy (non-hydrogen) atoms. The van der Waals surface area contributed by atoms with Gasteiger partial charge >= 0.3 is 0 Å². The van der Waals surface area contributed by atoms with Gasteiger partial charge in [-0.3, -0.25) is 0 Å². The first-order valence-corrected chi connectivity index (χ1v) is 8.97. The Balaban J connectivity index is 1.87. The minimum atomic E-state index is -3.62. The maximum atomic E-state index is 12.5. The number of hydrogen-bond acceptors (Lipinski definition) is 6. The number of aromatic nitrogens is 2. The molecule has 0 spiro atoms. The Bertz CT molecular complexity index is 969. The number of hydrogen-bond donors (Lipinski definition) is 0. The highest BCUT2D eigenvalue weighted by Crippen LogP contribution is 2.27. The number of nitrogens with zero attached hydrogens (tertiary/aromatic N) is 2. The van der Waals surface area contributed by atoms with Crippen molar-refractivity contribution in [1.82, 2.24) is 10.1 Å². The second-order valence-corrected chi connectivity index (χ2v) is 7.33. The number of benzene rings is 2. The molecule has 124 valence electrons. The summed E-state index contributed by atoms with van der Waals surface area (Å²) < 4.78 is 35.1. The van der Waals surface area contributed by atoms with E-state index in [1.54, 1.807) is 36.4 Å². The number of rotatable bonds is 5. The maximum Gasteiger partial charge on any atom is 0.259 e. The molecule has 6 nitrogen and oxygen atoms in total. The summed E-state index contributed by atoms with van der Waals surface area (Å²) in [6, 6.07) is 13.2. The zero-order valence-electron chi connectivity index (χ0n) is 12.6. The molecule has 2 aromatic carbocycles. The lowest BCUT2D eigenvalue weighted by Gasteiger charge is -2.04. The Morgan fingerprint density at radius 2 is 1.96 bits per heavy atom. The highest BCUT2D eigenvalue weighted by atomic mass is 35.5. The van der Waals surface area contributed by atoms with Gasteiger partial charge in [0, 0.05) is 0 Å². The molecule has 0 fully saturated rings. The van der Waals surface area contributed by atoms with Gasteiger partial charge in [-0.2, -0.15) is 4.98 Å². The van der Waals surface area contributed by atoms with Crippen molar-refractivity contribution >= 4 is 21.4 Å². The molecule has 0 unspecified atom stereocenters. The zero-order valence-corrected chi connectivity index (χ0v) is 14.2. The van der Waals surface area contributed by atoms with Crippen molar-refractivity contribution in [3.05, 3.63) is 59.4 Å². The average Bonchev–Trinajstić information content (AvgIpc) is 3.03. The van der Waals surface area contributed by atoms with Crippen LogP contribution in [-0.2, 0) is 15.6 Å². The first kappa shape index (κ1) is 16.5. The lowest BCUT2D eigenvalue weighted by Crippen LogP contribution is -2.06. The van der Waals surface area contributed by atoms with E-state index in [1.807, 2.05) is 0 Å². The summed E-state index contributed by atoms with van der Waals surface area (Å²) in [4.78, 5) is 4.25. The molecule has 1 aromatic heterocycles. The third kappa shape index (κ3) is 3.42. The third-order valence-electron chi connectivity index (χ3n) is 3.29. The van der Waals surface area contributed by atoms with Gasteiger partial charge in [0.25, 0.3) is 5.89 Å². The van der Waals surface area contributed by atoms with Crippen molar-refractivity contribution in [3.63, 3.8) is 0 Å². The summed E-state index contributed by atoms with van der Waals surface area (Å²) in [5.41, 5.74) is 0.552. The van der Waals surface area contributed by atoms with Gasteiger partial charge in [-0.1, -0.05) is 35.0 Å². The largest absolute Gasteiger partial charge is 0.497 e. The van der Waals surface area contributed by atoms with Crippen LogP contribution < -0.4 is 4.74 Å². The number of methoxy groups -OCH3 is 1. The first-order valence-electron chi connectivity index (χ1n) is 6.94. The normalized spacial score (nSPS) is 11.4. The SMILES string of the molecule is COc1cccc(S(=O)(=O)Cc2noc(-c3ccccc3Cl)n2)c1. The molecule has 0 aliphatic rings. The van der Waals surface area contributed by atoms with Crippen molar-refractivity contribution in [3.8, 4) is 17.2 Å². The van der Waals surface area contributed by atoms with Crippen LogP contribution >= 0.6 is 11.6 Å². The predicted octanol–water partition coefficient (Wildman–Crippen LogP) is 3.37. The van der Waals surface area contributed by atoms with E-state index in [0.29, 0.717) is 16.3 Å². The standard InChI is InChI=1S/C16H13ClN2O4S/c1-22-11-5-4-6-12(9-11)24(20,21)10-15-18-16(23-19-15)13-7-2-3-8-14(13)17/h2-9H,10H2,1H3. The van der Waals surface area contributed by atoms with Crippen molar-refractivity contribution in [2.24, 2.45) is 0 Å². The van der Waals surface area contributed by atoms with Crippen LogP contribution in [-0.4, -0.2) is 25.7 Å². The van der Waals surface area contributed by atoms with E-state index in [2.05, 4.69) is 10.1 Å². The smallest absolute Gasteiger partial charge is 0.259 e. The fourth-order valence-corrected chi connectivity index (χ4v) is 3.53. The van der Waals surface area contributed by atoms with Crippen LogP contribution in [0.2, 0.25) is 5.02 Å². The van der Waals surface area contributed by atoms with E-state index < -0.39 is 9.84 Å². The Hall–Kier alpha value is -2.38. The zero-order chi connectivity index (χ0) is 17.2. The molecule has 0 atom stereocenters. The summed E-state index contributed by atoms with van der Waals surface area (Å²) in [6.45, 7) is 0. The van der Waals surface area contributed by atoms with Crippen molar-refractivity contribution in [1.29, 1.82) is 0 Å². The molecule has 1 heterocycles. The maximum absolute atomic E-state index is 12.5. The molecule has 0 aliphatic carbocycles. The molecule has 0 saturated heterocycles. The van der Waals surface area contributed by atoms with Gasteiger partial charge < -0.3 is 9.26 Å². The Morgan fingerprint density at radius 3 is 2.71 bits per heavy atom. The fourth-order valence-electron chi connectivity index (χ4n) is 2.10. The van der Waals surface area contributed by atoms with E-state index >= 15 is 0 Å². The molecular weight excluding hydrogens is 352 g/mol. The first-order chi connectivity index (χ1) is 11.5. The lowest BCUT2D eigenvalue weighted by molar-refractivity contribution is 0.413. The summed E-state index contributed by atoms with van der Waals surface area (Å²) >= 11 is 6.07. The Labute approximate surface area is 144 Å². The highest BCUT2D eigenvalue weighted by Gasteiger charge is 2.21. The van der Waals surface area contributed by atoms with Gasteiger partial charge in [0.05, 0.1) is 22.6 Å². The molecule has 0 radical (unpaired) electrons. The number of halogens is 1. The van der Waals surface area contributed by atoms with Gasteiger partial charge in [0.2, 0.25) is 0 Å². The second kappa shape index (κ2) is 6.62. The van der Waals surface area contributed by atoms with Crippen LogP contribution in [0.25, 0.3) is 11.5 Å². The van der Waals surface area contributed by atoms with Gasteiger partial charge in [-0.15, -0.1) is 0 Å². The minimum absolute atomic E-state index is 0.0627. The summed E-state index contributed by atoms with van der Waals surface area (Å²) in [5, 5.41) is 4.18. The van der Waals surface area contributed by atoms with Crippen molar-refractivity contribution in [2.75, 3.05) is 7.11 Å². The fraction of sp³-hybridized carbons (Fsp3) is 0.125. The molecule has 0 saturated carbocycles. The van der Waals surface area contributed by atoms with E-state index in [-0.39, 0.29) is 22.4 Å². The lowest BCUT2D eigenvalue weighted by atomic mass is 10.2. The van der Waals surface area contributed by atoms with Crippen LogP contribution in [0.5, 0.6) is 5.75 Å². The monoisotopic (exact) mass is 364 g/mol.